The van der Waals surface area contributed by atoms with Crippen LogP contribution in [-0.2, 0) is 4.79 Å². The van der Waals surface area contributed by atoms with Gasteiger partial charge >= 0.3 is 6.03 Å². The standard InChI is InChI=1S/C22H26N4O2/c1-3-13-26(22(28)25-20-11-7-8-18(15-20)16-23)14-12-21(27)24-17(2)19-9-5-4-6-10-19/h4-11,15,17H,3,12-14H2,1-2H3,(H,24,27)(H,25,28). The second kappa shape index (κ2) is 10.7. The molecule has 0 aliphatic rings. The third kappa shape index (κ3) is 6.44. The van der Waals surface area contributed by atoms with E-state index in [9.17, 15) is 9.59 Å². The molecule has 0 aliphatic carbocycles. The number of carbonyl (C=O) groups excluding carboxylic acids is 2. The van der Waals surface area contributed by atoms with Crippen LogP contribution in [0.2, 0.25) is 0 Å². The van der Waals surface area contributed by atoms with Gasteiger partial charge in [0.05, 0.1) is 17.7 Å². The minimum atomic E-state index is -0.277. The lowest BCUT2D eigenvalue weighted by Crippen LogP contribution is -2.38. The number of hydrogen-bond donors (Lipinski definition) is 2. The highest BCUT2D eigenvalue weighted by Gasteiger charge is 2.16. The number of anilines is 1. The van der Waals surface area contributed by atoms with E-state index in [1.807, 2.05) is 50.2 Å². The monoisotopic (exact) mass is 378 g/mol. The summed E-state index contributed by atoms with van der Waals surface area (Å²) in [7, 11) is 0. The van der Waals surface area contributed by atoms with Crippen LogP contribution in [-0.4, -0.2) is 29.9 Å². The number of nitrogens with one attached hydrogen (secondary N) is 2. The number of hydrogen-bond acceptors (Lipinski definition) is 3. The van der Waals surface area contributed by atoms with Gasteiger partial charge < -0.3 is 15.5 Å². The number of nitrogens with zero attached hydrogens (tertiary/aromatic N) is 2. The molecule has 2 aromatic carbocycles. The fraction of sp³-hybridized carbons (Fsp3) is 0.318. The van der Waals surface area contributed by atoms with Crippen molar-refractivity contribution in [3.63, 3.8) is 0 Å². The molecule has 3 amide bonds. The Bertz CT molecular complexity index is 830. The Hall–Kier alpha value is -3.33. The van der Waals surface area contributed by atoms with E-state index in [-0.39, 0.29) is 24.4 Å². The SMILES string of the molecule is CCCN(CCC(=O)NC(C)c1ccccc1)C(=O)Nc1cccc(C#N)c1. The van der Waals surface area contributed by atoms with Gasteiger partial charge in [-0.15, -0.1) is 0 Å². The van der Waals surface area contributed by atoms with E-state index in [0.29, 0.717) is 24.3 Å². The van der Waals surface area contributed by atoms with E-state index in [1.54, 1.807) is 29.2 Å². The molecule has 6 nitrogen and oxygen atoms in total. The summed E-state index contributed by atoms with van der Waals surface area (Å²) in [6.07, 6.45) is 1.01. The van der Waals surface area contributed by atoms with Gasteiger partial charge in [-0.1, -0.05) is 43.3 Å². The van der Waals surface area contributed by atoms with Crippen molar-refractivity contribution in [1.29, 1.82) is 5.26 Å². The minimum Gasteiger partial charge on any atom is -0.350 e. The molecule has 0 spiro atoms. The van der Waals surface area contributed by atoms with E-state index >= 15 is 0 Å². The Morgan fingerprint density at radius 3 is 2.54 bits per heavy atom. The number of carbonyl (C=O) groups is 2. The van der Waals surface area contributed by atoms with Crippen LogP contribution < -0.4 is 10.6 Å². The number of urea groups is 1. The lowest BCUT2D eigenvalue weighted by molar-refractivity contribution is -0.121. The molecule has 0 saturated heterocycles. The molecule has 0 radical (unpaired) electrons. The fourth-order valence-corrected chi connectivity index (χ4v) is 2.83. The largest absolute Gasteiger partial charge is 0.350 e. The van der Waals surface area contributed by atoms with Crippen molar-refractivity contribution in [2.24, 2.45) is 0 Å². The molecule has 28 heavy (non-hydrogen) atoms. The molecular formula is C22H26N4O2. The van der Waals surface area contributed by atoms with Gasteiger partial charge in [0.15, 0.2) is 0 Å². The van der Waals surface area contributed by atoms with Crippen LogP contribution in [0.5, 0.6) is 0 Å². The summed E-state index contributed by atoms with van der Waals surface area (Å²) in [5, 5.41) is 14.7. The molecule has 2 N–H and O–H groups in total. The van der Waals surface area contributed by atoms with Gasteiger partial charge in [-0.25, -0.2) is 4.79 Å². The van der Waals surface area contributed by atoms with Crippen molar-refractivity contribution < 1.29 is 9.59 Å². The summed E-state index contributed by atoms with van der Waals surface area (Å²) in [6.45, 7) is 4.79. The first-order chi connectivity index (χ1) is 13.5. The molecule has 146 valence electrons. The number of benzene rings is 2. The molecule has 6 heteroatoms. The smallest absolute Gasteiger partial charge is 0.321 e. The van der Waals surface area contributed by atoms with Crippen molar-refractivity contribution in [3.8, 4) is 6.07 Å². The molecule has 1 atom stereocenters. The first-order valence-electron chi connectivity index (χ1n) is 9.44. The topological polar surface area (TPSA) is 85.2 Å². The fourth-order valence-electron chi connectivity index (χ4n) is 2.83. The molecule has 2 aromatic rings. The third-order valence-electron chi connectivity index (χ3n) is 4.31. The molecule has 0 fully saturated rings. The second-order valence-corrected chi connectivity index (χ2v) is 6.56. The van der Waals surface area contributed by atoms with Crippen molar-refractivity contribution in [2.45, 2.75) is 32.7 Å². The van der Waals surface area contributed by atoms with E-state index in [0.717, 1.165) is 12.0 Å². The van der Waals surface area contributed by atoms with Gasteiger partial charge in [-0.05, 0) is 37.1 Å². The normalized spacial score (nSPS) is 11.2. The van der Waals surface area contributed by atoms with E-state index in [1.165, 1.54) is 0 Å². The van der Waals surface area contributed by atoms with Crippen molar-refractivity contribution >= 4 is 17.6 Å². The van der Waals surface area contributed by atoms with Crippen LogP contribution in [0.3, 0.4) is 0 Å². The maximum absolute atomic E-state index is 12.6. The van der Waals surface area contributed by atoms with Gasteiger partial charge in [-0.3, -0.25) is 4.79 Å². The summed E-state index contributed by atoms with van der Waals surface area (Å²) in [4.78, 5) is 26.5. The van der Waals surface area contributed by atoms with Crippen LogP contribution in [0, 0.1) is 11.3 Å². The summed E-state index contributed by atoms with van der Waals surface area (Å²) in [5.74, 6) is -0.100. The van der Waals surface area contributed by atoms with Crippen LogP contribution in [0.15, 0.2) is 54.6 Å². The van der Waals surface area contributed by atoms with Crippen molar-refractivity contribution in [3.05, 3.63) is 65.7 Å². The predicted molar refractivity (Wildman–Crippen MR) is 110 cm³/mol. The third-order valence-corrected chi connectivity index (χ3v) is 4.31. The molecule has 0 aromatic heterocycles. The van der Waals surface area contributed by atoms with Crippen LogP contribution in [0.25, 0.3) is 0 Å². The Balaban J connectivity index is 1.89. The quantitative estimate of drug-likeness (QED) is 0.726. The zero-order chi connectivity index (χ0) is 20.4. The molecule has 0 aliphatic heterocycles. The Morgan fingerprint density at radius 2 is 1.86 bits per heavy atom. The zero-order valence-electron chi connectivity index (χ0n) is 16.3. The lowest BCUT2D eigenvalue weighted by Gasteiger charge is -2.23. The summed E-state index contributed by atoms with van der Waals surface area (Å²) < 4.78 is 0. The second-order valence-electron chi connectivity index (χ2n) is 6.56. The molecule has 0 saturated carbocycles. The maximum Gasteiger partial charge on any atom is 0.321 e. The summed E-state index contributed by atoms with van der Waals surface area (Å²) >= 11 is 0. The molecule has 0 heterocycles. The molecular weight excluding hydrogens is 352 g/mol. The predicted octanol–water partition coefficient (Wildman–Crippen LogP) is 4.07. The Morgan fingerprint density at radius 1 is 1.11 bits per heavy atom. The van der Waals surface area contributed by atoms with Gasteiger partial charge in [0.2, 0.25) is 5.91 Å². The molecule has 0 bridgehead atoms. The van der Waals surface area contributed by atoms with Crippen LogP contribution in [0.4, 0.5) is 10.5 Å². The number of amides is 3. The van der Waals surface area contributed by atoms with Gasteiger partial charge in [0, 0.05) is 25.2 Å². The van der Waals surface area contributed by atoms with Gasteiger partial charge in [0.25, 0.3) is 0 Å². The van der Waals surface area contributed by atoms with E-state index < -0.39 is 0 Å². The number of nitriles is 1. The first kappa shape index (κ1) is 21.0. The molecule has 2 rings (SSSR count). The molecule has 1 unspecified atom stereocenters. The van der Waals surface area contributed by atoms with Crippen molar-refractivity contribution in [1.82, 2.24) is 10.2 Å². The van der Waals surface area contributed by atoms with Crippen LogP contribution in [0.1, 0.15) is 43.9 Å². The first-order valence-corrected chi connectivity index (χ1v) is 9.44. The van der Waals surface area contributed by atoms with Gasteiger partial charge in [-0.2, -0.15) is 5.26 Å². The average molecular weight is 378 g/mol. The van der Waals surface area contributed by atoms with Crippen molar-refractivity contribution in [2.75, 3.05) is 18.4 Å². The van der Waals surface area contributed by atoms with Gasteiger partial charge in [0.1, 0.15) is 0 Å². The number of rotatable bonds is 8. The average Bonchev–Trinajstić information content (AvgIpc) is 2.71. The minimum absolute atomic E-state index is 0.0872. The summed E-state index contributed by atoms with van der Waals surface area (Å²) in [5.41, 5.74) is 2.08. The Labute approximate surface area is 166 Å². The highest BCUT2D eigenvalue weighted by atomic mass is 16.2. The zero-order valence-corrected chi connectivity index (χ0v) is 16.3. The highest BCUT2D eigenvalue weighted by Crippen LogP contribution is 2.13. The highest BCUT2D eigenvalue weighted by molar-refractivity contribution is 5.90. The Kier molecular flexibility index (Phi) is 8.04. The van der Waals surface area contributed by atoms with Crippen LogP contribution >= 0.6 is 0 Å². The van der Waals surface area contributed by atoms with E-state index in [2.05, 4.69) is 10.6 Å². The maximum atomic E-state index is 12.6. The van der Waals surface area contributed by atoms with E-state index in [4.69, 9.17) is 5.26 Å². The summed E-state index contributed by atoms with van der Waals surface area (Å²) in [6, 6.07) is 18.2. The lowest BCUT2D eigenvalue weighted by atomic mass is 10.1.